The molecule has 0 radical (unpaired) electrons. The summed E-state index contributed by atoms with van der Waals surface area (Å²) in [5.41, 5.74) is 2.61. The lowest BCUT2D eigenvalue weighted by Crippen LogP contribution is -2.26. The third kappa shape index (κ3) is 6.71. The van der Waals surface area contributed by atoms with E-state index in [0.717, 1.165) is 30.6 Å². The van der Waals surface area contributed by atoms with Crippen LogP contribution in [-0.4, -0.2) is 18.4 Å². The summed E-state index contributed by atoms with van der Waals surface area (Å²) < 4.78 is 5.69. The second-order valence-corrected chi connectivity index (χ2v) is 7.72. The van der Waals surface area contributed by atoms with Gasteiger partial charge in [-0.15, -0.1) is 0 Å². The highest BCUT2D eigenvalue weighted by molar-refractivity contribution is 6.05. The Labute approximate surface area is 189 Å². The van der Waals surface area contributed by atoms with E-state index in [0.29, 0.717) is 23.4 Å². The van der Waals surface area contributed by atoms with Crippen LogP contribution in [0.4, 0.5) is 5.69 Å². The van der Waals surface area contributed by atoms with Crippen molar-refractivity contribution in [2.45, 2.75) is 39.2 Å². The quantitative estimate of drug-likeness (QED) is 0.388. The molecule has 0 spiro atoms. The summed E-state index contributed by atoms with van der Waals surface area (Å²) in [6, 6.07) is 23.7. The molecule has 166 valence electrons. The van der Waals surface area contributed by atoms with Crippen molar-refractivity contribution in [1.82, 2.24) is 5.32 Å². The first-order chi connectivity index (χ1) is 15.6. The van der Waals surface area contributed by atoms with Crippen LogP contribution >= 0.6 is 0 Å². The van der Waals surface area contributed by atoms with E-state index in [2.05, 4.69) is 17.6 Å². The summed E-state index contributed by atoms with van der Waals surface area (Å²) in [5.74, 6) is 0.323. The molecule has 32 heavy (non-hydrogen) atoms. The number of carbonyl (C=O) groups is 2. The average molecular weight is 431 g/mol. The summed E-state index contributed by atoms with van der Waals surface area (Å²) in [6.45, 7) is 4.77. The summed E-state index contributed by atoms with van der Waals surface area (Å²) in [7, 11) is 0. The van der Waals surface area contributed by atoms with Crippen molar-refractivity contribution in [1.29, 1.82) is 0 Å². The Morgan fingerprint density at radius 1 is 0.844 bits per heavy atom. The predicted molar refractivity (Wildman–Crippen MR) is 128 cm³/mol. The molecule has 5 heteroatoms. The lowest BCUT2D eigenvalue weighted by Gasteiger charge is -2.15. The van der Waals surface area contributed by atoms with Crippen LogP contribution < -0.4 is 15.4 Å². The van der Waals surface area contributed by atoms with E-state index in [1.54, 1.807) is 48.5 Å². The minimum atomic E-state index is -0.238. The zero-order valence-corrected chi connectivity index (χ0v) is 18.6. The molecule has 2 N–H and O–H groups in total. The SMILES string of the molecule is CCCCCOc1ccc(C(=O)Nc2cccc(C(=O)NC(C)c3ccccc3)c2)cc1. The van der Waals surface area contributed by atoms with Gasteiger partial charge in [-0.1, -0.05) is 56.2 Å². The molecule has 3 aromatic carbocycles. The fourth-order valence-corrected chi connectivity index (χ4v) is 3.29. The Balaban J connectivity index is 1.58. The standard InChI is InChI=1S/C27H30N2O3/c1-3-4-8-18-32-25-16-14-22(15-17-25)26(30)29-24-13-9-12-23(19-24)27(31)28-20(2)21-10-6-5-7-11-21/h5-7,9-17,19-20H,3-4,8,18H2,1-2H3,(H,28,31)(H,29,30). The second-order valence-electron chi connectivity index (χ2n) is 7.72. The van der Waals surface area contributed by atoms with Gasteiger partial charge in [0.15, 0.2) is 0 Å². The highest BCUT2D eigenvalue weighted by atomic mass is 16.5. The number of rotatable bonds is 10. The summed E-state index contributed by atoms with van der Waals surface area (Å²) in [6.07, 6.45) is 3.31. The Kier molecular flexibility index (Phi) is 8.44. The molecular weight excluding hydrogens is 400 g/mol. The van der Waals surface area contributed by atoms with Crippen LogP contribution in [0.5, 0.6) is 5.75 Å². The zero-order valence-electron chi connectivity index (χ0n) is 18.6. The minimum absolute atomic E-state index is 0.121. The van der Waals surface area contributed by atoms with E-state index in [1.807, 2.05) is 37.3 Å². The molecule has 1 unspecified atom stereocenters. The van der Waals surface area contributed by atoms with Gasteiger partial charge in [0.25, 0.3) is 11.8 Å². The van der Waals surface area contributed by atoms with Gasteiger partial charge in [0.05, 0.1) is 12.6 Å². The molecule has 0 aromatic heterocycles. The van der Waals surface area contributed by atoms with Gasteiger partial charge >= 0.3 is 0 Å². The maximum atomic E-state index is 12.7. The fraction of sp³-hybridized carbons (Fsp3) is 0.259. The molecule has 0 aliphatic carbocycles. The maximum absolute atomic E-state index is 12.7. The molecule has 3 rings (SSSR count). The van der Waals surface area contributed by atoms with Crippen molar-refractivity contribution in [3.8, 4) is 5.75 Å². The topological polar surface area (TPSA) is 67.4 Å². The normalized spacial score (nSPS) is 11.4. The van der Waals surface area contributed by atoms with Crippen molar-refractivity contribution in [3.05, 3.63) is 95.6 Å². The van der Waals surface area contributed by atoms with Crippen molar-refractivity contribution in [3.63, 3.8) is 0 Å². The van der Waals surface area contributed by atoms with Crippen LogP contribution in [0.3, 0.4) is 0 Å². The van der Waals surface area contributed by atoms with Crippen molar-refractivity contribution in [2.75, 3.05) is 11.9 Å². The van der Waals surface area contributed by atoms with E-state index < -0.39 is 0 Å². The van der Waals surface area contributed by atoms with E-state index in [9.17, 15) is 9.59 Å². The number of carbonyl (C=O) groups excluding carboxylic acids is 2. The van der Waals surface area contributed by atoms with Crippen LogP contribution in [-0.2, 0) is 0 Å². The Morgan fingerprint density at radius 3 is 2.31 bits per heavy atom. The van der Waals surface area contributed by atoms with Crippen LogP contribution in [0.15, 0.2) is 78.9 Å². The van der Waals surface area contributed by atoms with Gasteiger partial charge in [-0.25, -0.2) is 0 Å². The molecule has 0 saturated heterocycles. The van der Waals surface area contributed by atoms with Crippen molar-refractivity contribution < 1.29 is 14.3 Å². The highest BCUT2D eigenvalue weighted by Crippen LogP contribution is 2.17. The first kappa shape index (κ1) is 23.1. The molecule has 2 amide bonds. The number of amides is 2. The maximum Gasteiger partial charge on any atom is 0.255 e. The molecule has 0 bridgehead atoms. The molecule has 1 atom stereocenters. The molecule has 3 aromatic rings. The first-order valence-electron chi connectivity index (χ1n) is 11.1. The monoisotopic (exact) mass is 430 g/mol. The second kappa shape index (κ2) is 11.7. The minimum Gasteiger partial charge on any atom is -0.494 e. The first-order valence-corrected chi connectivity index (χ1v) is 11.1. The summed E-state index contributed by atoms with van der Waals surface area (Å²) in [5, 5.41) is 5.85. The summed E-state index contributed by atoms with van der Waals surface area (Å²) in [4.78, 5) is 25.3. The molecular formula is C27H30N2O3. The van der Waals surface area contributed by atoms with Crippen LogP contribution in [0.25, 0.3) is 0 Å². The largest absolute Gasteiger partial charge is 0.494 e. The van der Waals surface area contributed by atoms with E-state index in [4.69, 9.17) is 4.74 Å². The van der Waals surface area contributed by atoms with Gasteiger partial charge in [0.1, 0.15) is 5.75 Å². The number of anilines is 1. The molecule has 0 saturated carbocycles. The molecule has 5 nitrogen and oxygen atoms in total. The molecule has 0 heterocycles. The fourth-order valence-electron chi connectivity index (χ4n) is 3.29. The Hall–Kier alpha value is -3.60. The van der Waals surface area contributed by atoms with Gasteiger partial charge in [-0.3, -0.25) is 9.59 Å². The molecule has 0 aliphatic heterocycles. The van der Waals surface area contributed by atoms with Gasteiger partial charge in [-0.2, -0.15) is 0 Å². The van der Waals surface area contributed by atoms with Gasteiger partial charge < -0.3 is 15.4 Å². The predicted octanol–water partition coefficient (Wildman–Crippen LogP) is 6.00. The molecule has 0 fully saturated rings. The zero-order chi connectivity index (χ0) is 22.8. The number of hydrogen-bond donors (Lipinski definition) is 2. The van der Waals surface area contributed by atoms with E-state index in [1.165, 1.54) is 0 Å². The third-order valence-corrected chi connectivity index (χ3v) is 5.16. The number of ether oxygens (including phenoxy) is 1. The third-order valence-electron chi connectivity index (χ3n) is 5.16. The summed E-state index contributed by atoms with van der Waals surface area (Å²) >= 11 is 0. The van der Waals surface area contributed by atoms with E-state index >= 15 is 0 Å². The number of benzene rings is 3. The van der Waals surface area contributed by atoms with E-state index in [-0.39, 0.29) is 17.9 Å². The highest BCUT2D eigenvalue weighted by Gasteiger charge is 2.13. The molecule has 0 aliphatic rings. The van der Waals surface area contributed by atoms with Crippen LogP contribution in [0, 0.1) is 0 Å². The Bertz CT molecular complexity index is 1020. The lowest BCUT2D eigenvalue weighted by molar-refractivity contribution is 0.0938. The number of nitrogens with one attached hydrogen (secondary N) is 2. The van der Waals surface area contributed by atoms with Gasteiger partial charge in [-0.05, 0) is 61.4 Å². The van der Waals surface area contributed by atoms with Crippen LogP contribution in [0.2, 0.25) is 0 Å². The van der Waals surface area contributed by atoms with Crippen LogP contribution in [0.1, 0.15) is 65.4 Å². The van der Waals surface area contributed by atoms with Crippen molar-refractivity contribution >= 4 is 17.5 Å². The number of unbranched alkanes of at least 4 members (excludes halogenated alkanes) is 2. The lowest BCUT2D eigenvalue weighted by atomic mass is 10.1. The number of hydrogen-bond acceptors (Lipinski definition) is 3. The van der Waals surface area contributed by atoms with Gasteiger partial charge in [0, 0.05) is 16.8 Å². The smallest absolute Gasteiger partial charge is 0.255 e. The van der Waals surface area contributed by atoms with Gasteiger partial charge in [0.2, 0.25) is 0 Å². The van der Waals surface area contributed by atoms with Crippen molar-refractivity contribution in [2.24, 2.45) is 0 Å². The Morgan fingerprint density at radius 2 is 1.59 bits per heavy atom. The average Bonchev–Trinajstić information content (AvgIpc) is 2.83.